The highest BCUT2D eigenvalue weighted by molar-refractivity contribution is 6.50. The molecule has 118 valence electrons. The zero-order valence-corrected chi connectivity index (χ0v) is 11.6. The lowest BCUT2D eigenvalue weighted by Crippen LogP contribution is -2.12. The number of nitrogens with one attached hydrogen (secondary N) is 1. The van der Waals surface area contributed by atoms with E-state index < -0.39 is 7.25 Å². The fourth-order valence-electron chi connectivity index (χ4n) is 1.63. The van der Waals surface area contributed by atoms with Crippen LogP contribution in [0.5, 0.6) is 0 Å². The summed E-state index contributed by atoms with van der Waals surface area (Å²) in [5.74, 6) is 0.577. The molecule has 0 unspecified atom stereocenters. The van der Waals surface area contributed by atoms with E-state index in [2.05, 4.69) is 10.1 Å². The maximum atomic E-state index is 9.75. The Balaban J connectivity index is 0.000000422. The summed E-state index contributed by atoms with van der Waals surface area (Å²) in [4.78, 5) is 3.19. The second kappa shape index (κ2) is 8.04. The molecular weight excluding hydrogens is 301 g/mol. The minimum absolute atomic E-state index is 0.533. The van der Waals surface area contributed by atoms with Crippen molar-refractivity contribution in [2.45, 2.75) is 6.42 Å². The molecule has 0 spiro atoms. The number of benzene rings is 1. The van der Waals surface area contributed by atoms with Gasteiger partial charge in [-0.1, -0.05) is 18.2 Å². The summed E-state index contributed by atoms with van der Waals surface area (Å²) >= 11 is 0. The molecule has 0 bridgehead atoms. The highest BCUT2D eigenvalue weighted by Crippen LogP contribution is 2.17. The summed E-state index contributed by atoms with van der Waals surface area (Å²) in [5, 5.41) is 3.26. The molecule has 0 radical (unpaired) electrons. The number of anilines is 1. The van der Waals surface area contributed by atoms with E-state index in [1.165, 1.54) is 0 Å². The number of ether oxygens (including phenoxy) is 1. The number of methoxy groups -OCH3 is 1. The third kappa shape index (κ3) is 6.76. The summed E-state index contributed by atoms with van der Waals surface area (Å²) in [6.07, 6.45) is 4.31. The van der Waals surface area contributed by atoms with Crippen LogP contribution in [-0.4, -0.2) is 24.9 Å². The van der Waals surface area contributed by atoms with Gasteiger partial charge in [0, 0.05) is 17.5 Å². The first-order valence-corrected chi connectivity index (χ1v) is 6.20. The van der Waals surface area contributed by atoms with Crippen molar-refractivity contribution in [3.05, 3.63) is 59.5 Å². The fourth-order valence-corrected chi connectivity index (χ4v) is 1.63. The van der Waals surface area contributed by atoms with Crippen molar-refractivity contribution in [2.75, 3.05) is 12.4 Å². The monoisotopic (exact) mass is 314 g/mol. The third-order valence-electron chi connectivity index (χ3n) is 2.49. The van der Waals surface area contributed by atoms with Gasteiger partial charge in [0.1, 0.15) is 0 Å². The standard InChI is InChI=1S/C13H13N3O.BF4/c1-17-13-9-11(7-8-12(13)16-14)15-10-5-3-2-4-6-10;2-1(3,4)5/h2-7,9,15H,8H2,1H3;/q;-1. The van der Waals surface area contributed by atoms with Gasteiger partial charge in [0.2, 0.25) is 5.76 Å². The first kappa shape index (κ1) is 17.5. The average molecular weight is 314 g/mol. The minimum Gasteiger partial charge on any atom is -0.490 e. The summed E-state index contributed by atoms with van der Waals surface area (Å²) in [5.41, 5.74) is 11.3. The molecule has 4 nitrogen and oxygen atoms in total. The largest absolute Gasteiger partial charge is 0.673 e. The van der Waals surface area contributed by atoms with E-state index in [1.807, 2.05) is 42.5 Å². The highest BCUT2D eigenvalue weighted by Gasteiger charge is 2.21. The van der Waals surface area contributed by atoms with Gasteiger partial charge in [-0.15, -0.1) is 0 Å². The van der Waals surface area contributed by atoms with Gasteiger partial charge in [-0.05, 0) is 18.2 Å². The first-order valence-electron chi connectivity index (χ1n) is 6.20. The molecule has 0 aliphatic heterocycles. The van der Waals surface area contributed by atoms with Crippen molar-refractivity contribution < 1.29 is 26.8 Å². The smallest absolute Gasteiger partial charge is 0.490 e. The number of halogens is 4. The van der Waals surface area contributed by atoms with Crippen molar-refractivity contribution in [1.82, 2.24) is 0 Å². The Bertz CT molecular complexity index is 601. The summed E-state index contributed by atoms with van der Waals surface area (Å²) < 4.78 is 44.2. The van der Waals surface area contributed by atoms with E-state index in [4.69, 9.17) is 10.3 Å². The quantitative estimate of drug-likeness (QED) is 0.398. The second-order valence-corrected chi connectivity index (χ2v) is 4.11. The van der Waals surface area contributed by atoms with Crippen LogP contribution in [0.25, 0.3) is 5.53 Å². The van der Waals surface area contributed by atoms with Gasteiger partial charge in [-0.3, -0.25) is 0 Å². The van der Waals surface area contributed by atoms with Crippen LogP contribution in [0, 0.1) is 0 Å². The lowest BCUT2D eigenvalue weighted by molar-refractivity contribution is -0.0109. The van der Waals surface area contributed by atoms with E-state index >= 15 is 0 Å². The SMILES string of the molecule is COC1=CC(Nc2ccccc2)=CCC1=[N+]=[N-].F[B-](F)(F)F. The van der Waals surface area contributed by atoms with E-state index in [0.717, 1.165) is 11.4 Å². The zero-order chi connectivity index (χ0) is 16.6. The van der Waals surface area contributed by atoms with Gasteiger partial charge in [-0.25, -0.2) is 0 Å². The lowest BCUT2D eigenvalue weighted by atomic mass is 10.1. The maximum Gasteiger partial charge on any atom is 0.673 e. The Hall–Kier alpha value is -2.54. The number of hydrogen-bond donors (Lipinski definition) is 1. The van der Waals surface area contributed by atoms with Crippen LogP contribution < -0.4 is 5.32 Å². The Morgan fingerprint density at radius 2 is 1.77 bits per heavy atom. The summed E-state index contributed by atoms with van der Waals surface area (Å²) in [6.45, 7) is 0. The Morgan fingerprint density at radius 1 is 1.18 bits per heavy atom. The van der Waals surface area contributed by atoms with Crippen molar-refractivity contribution >= 4 is 18.7 Å². The van der Waals surface area contributed by atoms with Crippen LogP contribution >= 0.6 is 0 Å². The first-order chi connectivity index (χ1) is 10.3. The number of nitrogens with zero attached hydrogens (tertiary/aromatic N) is 2. The lowest BCUT2D eigenvalue weighted by Gasteiger charge is -2.12. The molecule has 2 rings (SSSR count). The topological polar surface area (TPSA) is 57.7 Å². The molecular formula is C13H13BF4N3O-. The molecule has 0 atom stereocenters. The molecule has 0 saturated carbocycles. The molecule has 0 fully saturated rings. The number of para-hydroxylation sites is 1. The Labute approximate surface area is 124 Å². The average Bonchev–Trinajstić information content (AvgIpc) is 2.46. The molecule has 0 heterocycles. The molecule has 9 heteroatoms. The molecule has 1 aromatic carbocycles. The van der Waals surface area contributed by atoms with Crippen LogP contribution in [0.3, 0.4) is 0 Å². The molecule has 1 N–H and O–H groups in total. The summed E-state index contributed by atoms with van der Waals surface area (Å²) in [6, 6.07) is 9.86. The molecule has 1 aliphatic carbocycles. The van der Waals surface area contributed by atoms with Crippen LogP contribution in [0.4, 0.5) is 23.0 Å². The number of allylic oxidation sites excluding steroid dienone is 3. The fraction of sp³-hybridized carbons (Fsp3) is 0.154. The molecule has 1 aromatic rings. The van der Waals surface area contributed by atoms with Crippen molar-refractivity contribution in [3.63, 3.8) is 0 Å². The van der Waals surface area contributed by atoms with E-state index in [1.54, 1.807) is 7.11 Å². The van der Waals surface area contributed by atoms with Crippen molar-refractivity contribution in [1.29, 1.82) is 0 Å². The second-order valence-electron chi connectivity index (χ2n) is 4.11. The van der Waals surface area contributed by atoms with Crippen LogP contribution in [0.15, 0.2) is 53.9 Å². The third-order valence-corrected chi connectivity index (χ3v) is 2.49. The Kier molecular flexibility index (Phi) is 6.40. The van der Waals surface area contributed by atoms with Gasteiger partial charge in [0.15, 0.2) is 0 Å². The van der Waals surface area contributed by atoms with Gasteiger partial charge in [-0.2, -0.15) is 4.79 Å². The van der Waals surface area contributed by atoms with Gasteiger partial charge < -0.3 is 32.8 Å². The molecule has 0 aromatic heterocycles. The molecule has 0 saturated heterocycles. The summed E-state index contributed by atoms with van der Waals surface area (Å²) in [7, 11) is -4.44. The highest BCUT2D eigenvalue weighted by atomic mass is 19.5. The predicted molar refractivity (Wildman–Crippen MR) is 76.7 cm³/mol. The van der Waals surface area contributed by atoms with Crippen LogP contribution in [0.1, 0.15) is 6.42 Å². The van der Waals surface area contributed by atoms with E-state index in [9.17, 15) is 17.3 Å². The maximum absolute atomic E-state index is 9.75. The van der Waals surface area contributed by atoms with Crippen molar-refractivity contribution in [2.24, 2.45) is 0 Å². The van der Waals surface area contributed by atoms with Crippen LogP contribution in [-0.2, 0) is 4.74 Å². The van der Waals surface area contributed by atoms with Gasteiger partial charge >= 0.3 is 13.0 Å². The zero-order valence-electron chi connectivity index (χ0n) is 11.6. The predicted octanol–water partition coefficient (Wildman–Crippen LogP) is 3.89. The van der Waals surface area contributed by atoms with Gasteiger partial charge in [0.25, 0.3) is 0 Å². The van der Waals surface area contributed by atoms with E-state index in [0.29, 0.717) is 17.9 Å². The molecule has 1 aliphatic rings. The Morgan fingerprint density at radius 3 is 2.27 bits per heavy atom. The number of rotatable bonds is 3. The number of hydrogen-bond acceptors (Lipinski definition) is 2. The van der Waals surface area contributed by atoms with Crippen LogP contribution in [0.2, 0.25) is 0 Å². The molecule has 0 amide bonds. The van der Waals surface area contributed by atoms with Gasteiger partial charge in [0.05, 0.1) is 13.5 Å². The normalized spacial score (nSPS) is 14.0. The van der Waals surface area contributed by atoms with E-state index in [-0.39, 0.29) is 0 Å². The molecule has 22 heavy (non-hydrogen) atoms. The van der Waals surface area contributed by atoms with Crippen molar-refractivity contribution in [3.8, 4) is 0 Å². The minimum atomic E-state index is -6.00.